The van der Waals surface area contributed by atoms with Crippen LogP contribution in [0.5, 0.6) is 0 Å². The average Bonchev–Trinajstić information content (AvgIpc) is 2.70. The molecule has 3 rings (SSSR count). The zero-order chi connectivity index (χ0) is 16.8. The predicted molar refractivity (Wildman–Crippen MR) is 84.4 cm³/mol. The lowest BCUT2D eigenvalue weighted by Gasteiger charge is -2.44. The number of hydrogen-bond donors (Lipinski definition) is 1. The van der Waals surface area contributed by atoms with Crippen molar-refractivity contribution in [3.05, 3.63) is 35.6 Å². The van der Waals surface area contributed by atoms with E-state index in [0.29, 0.717) is 18.4 Å². The van der Waals surface area contributed by atoms with Crippen molar-refractivity contribution in [2.24, 2.45) is 0 Å². The molecule has 23 heavy (non-hydrogen) atoms. The molecule has 1 aromatic carbocycles. The highest BCUT2D eigenvalue weighted by atomic mass is 19.1. The van der Waals surface area contributed by atoms with E-state index >= 15 is 0 Å². The van der Waals surface area contributed by atoms with Crippen molar-refractivity contribution < 1.29 is 19.0 Å². The van der Waals surface area contributed by atoms with Crippen molar-refractivity contribution in [3.8, 4) is 0 Å². The van der Waals surface area contributed by atoms with Crippen LogP contribution in [0.4, 0.5) is 9.18 Å². The minimum Gasteiger partial charge on any atom is -0.444 e. The summed E-state index contributed by atoms with van der Waals surface area (Å²) in [7, 11) is 0. The summed E-state index contributed by atoms with van der Waals surface area (Å²) in [5, 5.41) is 11.0. The predicted octanol–water partition coefficient (Wildman–Crippen LogP) is 3.58. The van der Waals surface area contributed by atoms with Gasteiger partial charge >= 0.3 is 6.09 Å². The molecule has 2 aliphatic rings. The van der Waals surface area contributed by atoms with E-state index in [9.17, 15) is 14.3 Å². The third-order valence-electron chi connectivity index (χ3n) is 4.75. The van der Waals surface area contributed by atoms with Gasteiger partial charge in [0.25, 0.3) is 0 Å². The molecule has 0 spiro atoms. The molecule has 4 nitrogen and oxygen atoms in total. The second-order valence-electron chi connectivity index (χ2n) is 7.69. The maximum atomic E-state index is 14.1. The molecule has 2 fully saturated rings. The fraction of sp³-hybridized carbons (Fsp3) is 0.611. The van der Waals surface area contributed by atoms with Crippen LogP contribution in [0.3, 0.4) is 0 Å². The van der Waals surface area contributed by atoms with Gasteiger partial charge in [-0.05, 0) is 39.7 Å². The Morgan fingerprint density at radius 3 is 2.35 bits per heavy atom. The Bertz CT molecular complexity index is 597. The van der Waals surface area contributed by atoms with E-state index in [2.05, 4.69) is 0 Å². The molecule has 0 radical (unpaired) electrons. The first-order valence-electron chi connectivity index (χ1n) is 8.18. The highest BCUT2D eigenvalue weighted by Crippen LogP contribution is 2.46. The lowest BCUT2D eigenvalue weighted by Crippen LogP contribution is -2.53. The average molecular weight is 321 g/mol. The van der Waals surface area contributed by atoms with Crippen molar-refractivity contribution in [3.63, 3.8) is 0 Å². The van der Waals surface area contributed by atoms with E-state index in [1.807, 2.05) is 20.8 Å². The van der Waals surface area contributed by atoms with E-state index in [1.165, 1.54) is 6.07 Å². The minimum atomic E-state index is -1.21. The minimum absolute atomic E-state index is 0.104. The molecule has 2 atom stereocenters. The molecule has 0 saturated carbocycles. The summed E-state index contributed by atoms with van der Waals surface area (Å²) < 4.78 is 19.6. The van der Waals surface area contributed by atoms with E-state index in [1.54, 1.807) is 23.1 Å². The molecule has 1 amide bonds. The third-order valence-corrected chi connectivity index (χ3v) is 4.75. The van der Waals surface area contributed by atoms with Crippen molar-refractivity contribution in [1.29, 1.82) is 0 Å². The van der Waals surface area contributed by atoms with E-state index in [4.69, 9.17) is 4.74 Å². The van der Waals surface area contributed by atoms with Crippen LogP contribution < -0.4 is 0 Å². The molecule has 2 saturated heterocycles. The molecule has 5 heteroatoms. The molecular weight excluding hydrogens is 297 g/mol. The third kappa shape index (κ3) is 3.07. The number of aliphatic hydroxyl groups is 1. The summed E-state index contributed by atoms with van der Waals surface area (Å²) in [5.41, 5.74) is -1.42. The number of carbonyl (C=O) groups is 1. The molecule has 2 aliphatic heterocycles. The fourth-order valence-electron chi connectivity index (χ4n) is 3.90. The molecule has 0 aromatic heterocycles. The van der Waals surface area contributed by atoms with Crippen LogP contribution in [0.1, 0.15) is 52.0 Å². The molecule has 2 unspecified atom stereocenters. The Morgan fingerprint density at radius 2 is 1.83 bits per heavy atom. The Morgan fingerprint density at radius 1 is 1.26 bits per heavy atom. The van der Waals surface area contributed by atoms with Crippen LogP contribution in [0.2, 0.25) is 0 Å². The Kier molecular flexibility index (Phi) is 3.87. The van der Waals surface area contributed by atoms with Crippen molar-refractivity contribution >= 4 is 6.09 Å². The van der Waals surface area contributed by atoms with Crippen LogP contribution in [0, 0.1) is 5.82 Å². The highest BCUT2D eigenvalue weighted by molar-refractivity contribution is 5.69. The van der Waals surface area contributed by atoms with Gasteiger partial charge in [-0.2, -0.15) is 0 Å². The number of ether oxygens (including phenoxy) is 1. The van der Waals surface area contributed by atoms with Gasteiger partial charge in [0, 0.05) is 30.5 Å². The van der Waals surface area contributed by atoms with Gasteiger partial charge in [0.2, 0.25) is 0 Å². The zero-order valence-corrected chi connectivity index (χ0v) is 13.9. The molecule has 126 valence electrons. The smallest absolute Gasteiger partial charge is 0.410 e. The number of fused-ring (bicyclic) bond motifs is 2. The van der Waals surface area contributed by atoms with E-state index in [-0.39, 0.29) is 24.0 Å². The number of halogens is 1. The molecule has 1 N–H and O–H groups in total. The number of amides is 1. The van der Waals surface area contributed by atoms with Crippen molar-refractivity contribution in [2.45, 2.75) is 69.7 Å². The number of hydrogen-bond acceptors (Lipinski definition) is 3. The first-order chi connectivity index (χ1) is 10.7. The van der Waals surface area contributed by atoms with E-state index in [0.717, 1.165) is 12.8 Å². The van der Waals surface area contributed by atoms with Crippen LogP contribution in [0.25, 0.3) is 0 Å². The number of nitrogens with zero attached hydrogens (tertiary/aromatic N) is 1. The summed E-state index contributed by atoms with van der Waals surface area (Å²) in [6.45, 7) is 5.52. The lowest BCUT2D eigenvalue weighted by atomic mass is 9.80. The molecule has 2 bridgehead atoms. The number of piperidine rings is 1. The molecular formula is C18H24FNO3. The van der Waals surface area contributed by atoms with Crippen LogP contribution in [0.15, 0.2) is 24.3 Å². The van der Waals surface area contributed by atoms with Gasteiger partial charge in [-0.25, -0.2) is 9.18 Å². The van der Waals surface area contributed by atoms with Gasteiger partial charge in [0.05, 0.1) is 5.60 Å². The van der Waals surface area contributed by atoms with E-state index < -0.39 is 11.2 Å². The maximum absolute atomic E-state index is 14.1. The summed E-state index contributed by atoms with van der Waals surface area (Å²) in [4.78, 5) is 14.2. The summed E-state index contributed by atoms with van der Waals surface area (Å²) in [6, 6.07) is 6.15. The second-order valence-corrected chi connectivity index (χ2v) is 7.69. The Hall–Kier alpha value is -1.62. The Labute approximate surface area is 136 Å². The van der Waals surface area contributed by atoms with Crippen LogP contribution >= 0.6 is 0 Å². The normalized spacial score (nSPS) is 30.4. The highest BCUT2D eigenvalue weighted by Gasteiger charge is 2.51. The summed E-state index contributed by atoms with van der Waals surface area (Å²) >= 11 is 0. The van der Waals surface area contributed by atoms with Gasteiger partial charge in [-0.1, -0.05) is 18.2 Å². The number of carbonyl (C=O) groups excluding carboxylic acids is 1. The maximum Gasteiger partial charge on any atom is 0.410 e. The summed E-state index contributed by atoms with van der Waals surface area (Å²) in [5.74, 6) is -0.389. The first-order valence-corrected chi connectivity index (χ1v) is 8.18. The molecule has 0 aliphatic carbocycles. The lowest BCUT2D eigenvalue weighted by molar-refractivity contribution is -0.0640. The SMILES string of the molecule is CC(C)(C)OC(=O)N1C2CCC1CC(O)(c1ccccc1F)C2. The quantitative estimate of drug-likeness (QED) is 0.860. The van der Waals surface area contributed by atoms with Gasteiger partial charge in [-0.3, -0.25) is 0 Å². The van der Waals surface area contributed by atoms with Gasteiger partial charge < -0.3 is 14.7 Å². The first kappa shape index (κ1) is 16.2. The van der Waals surface area contributed by atoms with Crippen molar-refractivity contribution in [1.82, 2.24) is 4.90 Å². The van der Waals surface area contributed by atoms with Gasteiger partial charge in [0.15, 0.2) is 0 Å². The zero-order valence-electron chi connectivity index (χ0n) is 13.9. The monoisotopic (exact) mass is 321 g/mol. The standard InChI is InChI=1S/C18H24FNO3/c1-17(2,3)23-16(21)20-12-8-9-13(20)11-18(22,10-12)14-6-4-5-7-15(14)19/h4-7,12-13,22H,8-11H2,1-3H3. The number of rotatable bonds is 1. The molecule has 1 aromatic rings. The number of benzene rings is 1. The topological polar surface area (TPSA) is 49.8 Å². The second kappa shape index (κ2) is 5.48. The van der Waals surface area contributed by atoms with Gasteiger partial charge in [-0.15, -0.1) is 0 Å². The molecule has 2 heterocycles. The fourth-order valence-corrected chi connectivity index (χ4v) is 3.90. The summed E-state index contributed by atoms with van der Waals surface area (Å²) in [6.07, 6.45) is 2.01. The van der Waals surface area contributed by atoms with Crippen LogP contribution in [-0.2, 0) is 10.3 Å². The van der Waals surface area contributed by atoms with Gasteiger partial charge in [0.1, 0.15) is 11.4 Å². The van der Waals surface area contributed by atoms with Crippen LogP contribution in [-0.4, -0.2) is 33.8 Å². The largest absolute Gasteiger partial charge is 0.444 e. The van der Waals surface area contributed by atoms with Crippen molar-refractivity contribution in [2.75, 3.05) is 0 Å². The Balaban J connectivity index is 1.82.